The van der Waals surface area contributed by atoms with E-state index in [-0.39, 0.29) is 18.0 Å². The molecule has 0 bridgehead atoms. The van der Waals surface area contributed by atoms with Crippen LogP contribution in [0.5, 0.6) is 0 Å². The Kier molecular flexibility index (Phi) is 4.76. The Hall–Kier alpha value is -2.14. The summed E-state index contributed by atoms with van der Waals surface area (Å²) in [6.07, 6.45) is 9.21. The fourth-order valence-corrected chi connectivity index (χ4v) is 3.31. The standard InChI is InChI=1S/C18H24N4O/c1-13(21-18(23)11-15-5-3-7-17(15)19)14-4-2-6-16(10-14)22-9-8-20-12-22/h2,4,6,8-10,12-13,15,17H,3,5,7,11,19H2,1H3,(H,21,23)/t13?,15-,17+/m0/s1. The van der Waals surface area contributed by atoms with Crippen LogP contribution in [0.1, 0.15) is 44.2 Å². The summed E-state index contributed by atoms with van der Waals surface area (Å²) in [5.74, 6) is 0.423. The number of carbonyl (C=O) groups excluding carboxylic acids is 1. The molecule has 0 aliphatic heterocycles. The van der Waals surface area contributed by atoms with E-state index in [4.69, 9.17) is 5.73 Å². The Morgan fingerprint density at radius 3 is 3.04 bits per heavy atom. The number of amides is 1. The second-order valence-electron chi connectivity index (χ2n) is 6.41. The largest absolute Gasteiger partial charge is 0.350 e. The molecule has 1 aliphatic carbocycles. The smallest absolute Gasteiger partial charge is 0.220 e. The number of nitrogens with zero attached hydrogens (tertiary/aromatic N) is 2. The zero-order valence-corrected chi connectivity index (χ0v) is 13.5. The van der Waals surface area contributed by atoms with Gasteiger partial charge in [-0.25, -0.2) is 4.98 Å². The summed E-state index contributed by atoms with van der Waals surface area (Å²) in [5.41, 5.74) is 8.18. The Bertz CT molecular complexity index is 653. The van der Waals surface area contributed by atoms with Crippen molar-refractivity contribution in [1.82, 2.24) is 14.9 Å². The molecule has 3 rings (SSSR count). The third kappa shape index (κ3) is 3.79. The van der Waals surface area contributed by atoms with Gasteiger partial charge in [0, 0.05) is 30.5 Å². The van der Waals surface area contributed by atoms with Crippen molar-refractivity contribution >= 4 is 5.91 Å². The van der Waals surface area contributed by atoms with Crippen molar-refractivity contribution in [1.29, 1.82) is 0 Å². The lowest BCUT2D eigenvalue weighted by Gasteiger charge is -2.19. The van der Waals surface area contributed by atoms with Crippen molar-refractivity contribution in [3.05, 3.63) is 48.5 Å². The number of carbonyl (C=O) groups is 1. The average molecular weight is 312 g/mol. The molecule has 0 saturated heterocycles. The van der Waals surface area contributed by atoms with E-state index < -0.39 is 0 Å². The number of nitrogens with two attached hydrogens (primary N) is 1. The molecule has 0 spiro atoms. The van der Waals surface area contributed by atoms with Crippen LogP contribution >= 0.6 is 0 Å². The van der Waals surface area contributed by atoms with E-state index in [0.29, 0.717) is 12.3 Å². The first kappa shape index (κ1) is 15.7. The molecule has 1 saturated carbocycles. The van der Waals surface area contributed by atoms with Gasteiger partial charge in [0.2, 0.25) is 5.91 Å². The minimum Gasteiger partial charge on any atom is -0.350 e. The van der Waals surface area contributed by atoms with Crippen molar-refractivity contribution in [3.63, 3.8) is 0 Å². The molecule has 1 aromatic carbocycles. The highest BCUT2D eigenvalue weighted by Gasteiger charge is 2.26. The Labute approximate surface area is 136 Å². The summed E-state index contributed by atoms with van der Waals surface area (Å²) in [6.45, 7) is 2.01. The summed E-state index contributed by atoms with van der Waals surface area (Å²) in [4.78, 5) is 16.3. The number of hydrogen-bond acceptors (Lipinski definition) is 3. The molecule has 5 heteroatoms. The maximum absolute atomic E-state index is 12.3. The molecule has 1 amide bonds. The van der Waals surface area contributed by atoms with Crippen LogP contribution in [0.4, 0.5) is 0 Å². The van der Waals surface area contributed by atoms with E-state index in [9.17, 15) is 4.79 Å². The molecule has 1 unspecified atom stereocenters. The molecule has 1 heterocycles. The van der Waals surface area contributed by atoms with Gasteiger partial charge in [0.1, 0.15) is 0 Å². The van der Waals surface area contributed by atoms with Crippen molar-refractivity contribution < 1.29 is 4.79 Å². The van der Waals surface area contributed by atoms with Gasteiger partial charge in [-0.3, -0.25) is 4.79 Å². The van der Waals surface area contributed by atoms with Gasteiger partial charge >= 0.3 is 0 Å². The molecule has 5 nitrogen and oxygen atoms in total. The molecule has 2 aromatic rings. The Morgan fingerprint density at radius 1 is 1.48 bits per heavy atom. The Morgan fingerprint density at radius 2 is 2.35 bits per heavy atom. The van der Waals surface area contributed by atoms with Crippen molar-refractivity contribution in [2.75, 3.05) is 0 Å². The third-order valence-corrected chi connectivity index (χ3v) is 4.72. The van der Waals surface area contributed by atoms with E-state index in [1.807, 2.05) is 35.9 Å². The van der Waals surface area contributed by atoms with Gasteiger partial charge in [-0.2, -0.15) is 0 Å². The Balaban J connectivity index is 1.62. The molecular weight excluding hydrogens is 288 g/mol. The third-order valence-electron chi connectivity index (χ3n) is 4.72. The number of rotatable bonds is 5. The van der Waals surface area contributed by atoms with Crippen LogP contribution in [-0.4, -0.2) is 21.5 Å². The molecule has 1 fully saturated rings. The van der Waals surface area contributed by atoms with Gasteiger partial charge in [0.15, 0.2) is 0 Å². The van der Waals surface area contributed by atoms with Crippen molar-refractivity contribution in [3.8, 4) is 5.69 Å². The lowest BCUT2D eigenvalue weighted by Crippen LogP contribution is -2.32. The molecule has 1 aromatic heterocycles. The van der Waals surface area contributed by atoms with Gasteiger partial charge in [0.05, 0.1) is 12.4 Å². The zero-order valence-electron chi connectivity index (χ0n) is 13.5. The van der Waals surface area contributed by atoms with Gasteiger partial charge < -0.3 is 15.6 Å². The van der Waals surface area contributed by atoms with Crippen molar-refractivity contribution in [2.45, 2.75) is 44.7 Å². The van der Waals surface area contributed by atoms with Crippen molar-refractivity contribution in [2.24, 2.45) is 11.7 Å². The number of nitrogens with one attached hydrogen (secondary N) is 1. The molecule has 1 aliphatic rings. The van der Waals surface area contributed by atoms with Crippen LogP contribution < -0.4 is 11.1 Å². The maximum Gasteiger partial charge on any atom is 0.220 e. The molecule has 122 valence electrons. The molecular formula is C18H24N4O. The van der Waals surface area contributed by atoms with Gasteiger partial charge in [0.25, 0.3) is 0 Å². The van der Waals surface area contributed by atoms with Crippen LogP contribution in [0.15, 0.2) is 43.0 Å². The van der Waals surface area contributed by atoms with E-state index in [0.717, 1.165) is 30.5 Å². The highest BCUT2D eigenvalue weighted by molar-refractivity contribution is 5.76. The molecule has 23 heavy (non-hydrogen) atoms. The summed E-state index contributed by atoms with van der Waals surface area (Å²) in [5, 5.41) is 3.10. The van der Waals surface area contributed by atoms with E-state index in [1.165, 1.54) is 0 Å². The molecule has 3 atom stereocenters. The maximum atomic E-state index is 12.3. The molecule has 3 N–H and O–H groups in total. The lowest BCUT2D eigenvalue weighted by atomic mass is 9.99. The summed E-state index contributed by atoms with van der Waals surface area (Å²) in [7, 11) is 0. The zero-order chi connectivity index (χ0) is 16.2. The minimum absolute atomic E-state index is 0.0244. The SMILES string of the molecule is CC(NC(=O)C[C@@H]1CCC[C@H]1N)c1cccc(-n2ccnc2)c1. The quantitative estimate of drug-likeness (QED) is 0.891. The van der Waals surface area contributed by atoms with Gasteiger partial charge in [-0.15, -0.1) is 0 Å². The number of benzene rings is 1. The van der Waals surface area contributed by atoms with Crippen LogP contribution in [0, 0.1) is 5.92 Å². The normalized spacial score (nSPS) is 22.0. The summed E-state index contributed by atoms with van der Waals surface area (Å²) < 4.78 is 1.95. The van der Waals surface area contributed by atoms with Crippen LogP contribution in [-0.2, 0) is 4.79 Å². The van der Waals surface area contributed by atoms with E-state index in [2.05, 4.69) is 16.4 Å². The predicted octanol–water partition coefficient (Wildman–Crippen LogP) is 2.57. The second-order valence-corrected chi connectivity index (χ2v) is 6.41. The van der Waals surface area contributed by atoms with Gasteiger partial charge in [-0.1, -0.05) is 18.6 Å². The van der Waals surface area contributed by atoms with Gasteiger partial charge in [-0.05, 0) is 43.4 Å². The average Bonchev–Trinajstić information content (AvgIpc) is 3.20. The second kappa shape index (κ2) is 6.96. The van der Waals surface area contributed by atoms with E-state index >= 15 is 0 Å². The lowest BCUT2D eigenvalue weighted by molar-refractivity contribution is -0.122. The molecule has 0 radical (unpaired) electrons. The number of aromatic nitrogens is 2. The topological polar surface area (TPSA) is 72.9 Å². The highest BCUT2D eigenvalue weighted by atomic mass is 16.1. The van der Waals surface area contributed by atoms with Crippen LogP contribution in [0.25, 0.3) is 5.69 Å². The first-order valence-corrected chi connectivity index (χ1v) is 8.26. The fourth-order valence-electron chi connectivity index (χ4n) is 3.31. The van der Waals surface area contributed by atoms with Crippen LogP contribution in [0.3, 0.4) is 0 Å². The first-order valence-electron chi connectivity index (χ1n) is 8.26. The number of hydrogen-bond donors (Lipinski definition) is 2. The number of imidazole rings is 1. The summed E-state index contributed by atoms with van der Waals surface area (Å²) in [6, 6.07) is 8.29. The monoisotopic (exact) mass is 312 g/mol. The predicted molar refractivity (Wildman–Crippen MR) is 90.1 cm³/mol. The van der Waals surface area contributed by atoms with E-state index in [1.54, 1.807) is 12.5 Å². The minimum atomic E-state index is -0.0244. The first-order chi connectivity index (χ1) is 11.1. The highest BCUT2D eigenvalue weighted by Crippen LogP contribution is 2.27. The van der Waals surface area contributed by atoms with Crippen LogP contribution in [0.2, 0.25) is 0 Å². The fraction of sp³-hybridized carbons (Fsp3) is 0.444. The summed E-state index contributed by atoms with van der Waals surface area (Å²) >= 11 is 0.